The number of aromatic nitrogens is 2. The lowest BCUT2D eigenvalue weighted by atomic mass is 10.1. The van der Waals surface area contributed by atoms with Gasteiger partial charge in [0, 0.05) is 30.3 Å². The van der Waals surface area contributed by atoms with E-state index in [1.807, 2.05) is 30.3 Å². The number of ether oxygens (including phenoxy) is 3. The maximum Gasteiger partial charge on any atom is 0.251 e. The molecule has 0 bridgehead atoms. The van der Waals surface area contributed by atoms with E-state index in [4.69, 9.17) is 14.2 Å². The van der Waals surface area contributed by atoms with Gasteiger partial charge in [-0.2, -0.15) is 0 Å². The van der Waals surface area contributed by atoms with Crippen LogP contribution in [0.3, 0.4) is 0 Å². The molecule has 1 aliphatic rings. The molecule has 7 nitrogen and oxygen atoms in total. The van der Waals surface area contributed by atoms with Gasteiger partial charge in [0.2, 0.25) is 5.88 Å². The van der Waals surface area contributed by atoms with Crippen molar-refractivity contribution in [2.45, 2.75) is 18.9 Å². The Morgan fingerprint density at radius 2 is 2.00 bits per heavy atom. The molecule has 2 aromatic carbocycles. The lowest BCUT2D eigenvalue weighted by Gasteiger charge is -2.12. The first-order chi connectivity index (χ1) is 14.7. The largest absolute Gasteiger partial charge is 0.493 e. The highest BCUT2D eigenvalue weighted by atomic mass is 16.5. The minimum absolute atomic E-state index is 0.105. The molecule has 0 unspecified atom stereocenters. The van der Waals surface area contributed by atoms with Crippen molar-refractivity contribution in [2.75, 3.05) is 20.3 Å². The fourth-order valence-corrected chi connectivity index (χ4v) is 3.30. The minimum Gasteiger partial charge on any atom is -0.493 e. The van der Waals surface area contributed by atoms with Crippen molar-refractivity contribution >= 4 is 5.91 Å². The van der Waals surface area contributed by atoms with Crippen LogP contribution in [-0.2, 0) is 4.74 Å². The molecule has 1 aromatic heterocycles. The number of hydrogen-bond donors (Lipinski definition) is 1. The van der Waals surface area contributed by atoms with Gasteiger partial charge in [-0.1, -0.05) is 24.3 Å². The van der Waals surface area contributed by atoms with E-state index in [1.54, 1.807) is 31.4 Å². The molecule has 3 aromatic rings. The highest BCUT2D eigenvalue weighted by molar-refractivity contribution is 5.95. The third-order valence-corrected chi connectivity index (χ3v) is 4.86. The van der Waals surface area contributed by atoms with E-state index in [2.05, 4.69) is 15.3 Å². The first-order valence-electron chi connectivity index (χ1n) is 9.86. The van der Waals surface area contributed by atoms with E-state index in [9.17, 15) is 4.79 Å². The number of hydrogen-bond acceptors (Lipinski definition) is 6. The molecule has 1 fully saturated rings. The van der Waals surface area contributed by atoms with Gasteiger partial charge in [0.15, 0.2) is 11.5 Å². The van der Waals surface area contributed by atoms with Crippen LogP contribution in [-0.4, -0.2) is 42.2 Å². The van der Waals surface area contributed by atoms with Crippen LogP contribution in [0.25, 0.3) is 11.3 Å². The summed E-state index contributed by atoms with van der Waals surface area (Å²) in [7, 11) is 1.59. The third kappa shape index (κ3) is 4.75. The SMILES string of the molecule is COc1ccccc1Oc1cc(-c2cccc(C(=O)NC[C@H]3CCCO3)c2)ncn1. The Hall–Kier alpha value is -3.45. The van der Waals surface area contributed by atoms with Gasteiger partial charge in [0.1, 0.15) is 6.33 Å². The van der Waals surface area contributed by atoms with Crippen LogP contribution in [0.15, 0.2) is 60.9 Å². The fourth-order valence-electron chi connectivity index (χ4n) is 3.30. The quantitative estimate of drug-likeness (QED) is 0.643. The molecule has 0 saturated carbocycles. The highest BCUT2D eigenvalue weighted by Gasteiger charge is 2.17. The van der Waals surface area contributed by atoms with Crippen LogP contribution in [0.5, 0.6) is 17.4 Å². The van der Waals surface area contributed by atoms with Crippen molar-refractivity contribution in [2.24, 2.45) is 0 Å². The summed E-state index contributed by atoms with van der Waals surface area (Å²) in [6.07, 6.45) is 3.57. The number of methoxy groups -OCH3 is 1. The first kappa shape index (κ1) is 19.8. The summed E-state index contributed by atoms with van der Waals surface area (Å²) in [5, 5.41) is 2.94. The second kappa shape index (κ2) is 9.37. The summed E-state index contributed by atoms with van der Waals surface area (Å²) in [6, 6.07) is 16.4. The molecule has 2 heterocycles. The zero-order valence-electron chi connectivity index (χ0n) is 16.7. The molecule has 1 saturated heterocycles. The van der Waals surface area contributed by atoms with Gasteiger partial charge in [-0.3, -0.25) is 4.79 Å². The molecule has 1 aliphatic heterocycles. The van der Waals surface area contributed by atoms with Crippen LogP contribution in [0.4, 0.5) is 0 Å². The lowest BCUT2D eigenvalue weighted by Crippen LogP contribution is -2.31. The number of benzene rings is 2. The molecular weight excluding hydrogens is 382 g/mol. The van der Waals surface area contributed by atoms with Crippen LogP contribution in [0, 0.1) is 0 Å². The maximum absolute atomic E-state index is 12.5. The number of carbonyl (C=O) groups excluding carboxylic acids is 1. The summed E-state index contributed by atoms with van der Waals surface area (Å²) < 4.78 is 16.7. The molecular formula is C23H23N3O4. The summed E-state index contributed by atoms with van der Waals surface area (Å²) in [6.45, 7) is 1.29. The molecule has 1 N–H and O–H groups in total. The summed E-state index contributed by atoms with van der Waals surface area (Å²) in [4.78, 5) is 21.0. The first-order valence-corrected chi connectivity index (χ1v) is 9.86. The van der Waals surface area contributed by atoms with Crippen molar-refractivity contribution in [1.82, 2.24) is 15.3 Å². The van der Waals surface area contributed by atoms with Crippen LogP contribution in [0.2, 0.25) is 0 Å². The average molecular weight is 405 g/mol. The van der Waals surface area contributed by atoms with Gasteiger partial charge in [0.05, 0.1) is 18.9 Å². The van der Waals surface area contributed by atoms with Crippen molar-refractivity contribution in [1.29, 1.82) is 0 Å². The fraction of sp³-hybridized carbons (Fsp3) is 0.261. The average Bonchev–Trinajstić information content (AvgIpc) is 3.32. The zero-order chi connectivity index (χ0) is 20.8. The van der Waals surface area contributed by atoms with Gasteiger partial charge in [-0.15, -0.1) is 0 Å². The van der Waals surface area contributed by atoms with E-state index in [1.165, 1.54) is 6.33 Å². The number of carbonyl (C=O) groups is 1. The van der Waals surface area contributed by atoms with Crippen LogP contribution >= 0.6 is 0 Å². The van der Waals surface area contributed by atoms with E-state index in [0.29, 0.717) is 35.2 Å². The molecule has 4 rings (SSSR count). The molecule has 0 aliphatic carbocycles. The smallest absolute Gasteiger partial charge is 0.251 e. The molecule has 30 heavy (non-hydrogen) atoms. The van der Waals surface area contributed by atoms with E-state index in [-0.39, 0.29) is 12.0 Å². The molecule has 0 radical (unpaired) electrons. The Bertz CT molecular complexity index is 1020. The zero-order valence-corrected chi connectivity index (χ0v) is 16.7. The van der Waals surface area contributed by atoms with Crippen molar-refractivity contribution in [3.05, 3.63) is 66.5 Å². The third-order valence-electron chi connectivity index (χ3n) is 4.86. The van der Waals surface area contributed by atoms with E-state index >= 15 is 0 Å². The number of nitrogens with zero attached hydrogens (tertiary/aromatic N) is 2. The highest BCUT2D eigenvalue weighted by Crippen LogP contribution is 2.31. The predicted octanol–water partition coefficient (Wildman–Crippen LogP) is 3.85. The van der Waals surface area contributed by atoms with Crippen molar-refractivity contribution in [3.8, 4) is 28.6 Å². The molecule has 7 heteroatoms. The standard InChI is InChI=1S/C23H23N3O4/c1-28-20-9-2-3-10-21(20)30-22-13-19(25-15-26-22)16-6-4-7-17(12-16)23(27)24-14-18-8-5-11-29-18/h2-4,6-7,9-10,12-13,15,18H,5,8,11,14H2,1H3,(H,24,27)/t18-/m1/s1. The Morgan fingerprint density at radius 1 is 1.13 bits per heavy atom. The Balaban J connectivity index is 1.49. The summed E-state index contributed by atoms with van der Waals surface area (Å²) in [5.74, 6) is 1.43. The normalized spacial score (nSPS) is 15.6. The van der Waals surface area contributed by atoms with Gasteiger partial charge < -0.3 is 19.5 Å². The molecule has 0 spiro atoms. The molecule has 154 valence electrons. The van der Waals surface area contributed by atoms with Crippen molar-refractivity contribution in [3.63, 3.8) is 0 Å². The Kier molecular flexibility index (Phi) is 6.20. The minimum atomic E-state index is -0.132. The number of nitrogens with one attached hydrogen (secondary N) is 1. The molecule has 1 amide bonds. The Labute approximate surface area is 175 Å². The topological polar surface area (TPSA) is 82.6 Å². The Morgan fingerprint density at radius 3 is 2.80 bits per heavy atom. The number of para-hydroxylation sites is 2. The second-order valence-electron chi connectivity index (χ2n) is 6.92. The van der Waals surface area contributed by atoms with Gasteiger partial charge >= 0.3 is 0 Å². The summed E-state index contributed by atoms with van der Waals surface area (Å²) >= 11 is 0. The van der Waals surface area contributed by atoms with Crippen LogP contribution < -0.4 is 14.8 Å². The monoisotopic (exact) mass is 405 g/mol. The maximum atomic E-state index is 12.5. The van der Waals surface area contributed by atoms with Crippen molar-refractivity contribution < 1.29 is 19.0 Å². The van der Waals surface area contributed by atoms with Crippen LogP contribution in [0.1, 0.15) is 23.2 Å². The summed E-state index contributed by atoms with van der Waals surface area (Å²) in [5.41, 5.74) is 2.02. The second-order valence-corrected chi connectivity index (χ2v) is 6.92. The van der Waals surface area contributed by atoms with E-state index < -0.39 is 0 Å². The van der Waals surface area contributed by atoms with E-state index in [0.717, 1.165) is 25.0 Å². The predicted molar refractivity (Wildman–Crippen MR) is 112 cm³/mol. The number of rotatable bonds is 7. The lowest BCUT2D eigenvalue weighted by molar-refractivity contribution is 0.0858. The van der Waals surface area contributed by atoms with Gasteiger partial charge in [-0.25, -0.2) is 9.97 Å². The molecule has 1 atom stereocenters. The van der Waals surface area contributed by atoms with Gasteiger partial charge in [-0.05, 0) is 37.1 Å². The number of amides is 1. The van der Waals surface area contributed by atoms with Gasteiger partial charge in [0.25, 0.3) is 5.91 Å².